The van der Waals surface area contributed by atoms with Crippen LogP contribution in [0.15, 0.2) is 0 Å². The van der Waals surface area contributed by atoms with Crippen LogP contribution >= 0.6 is 0 Å². The summed E-state index contributed by atoms with van der Waals surface area (Å²) in [5.74, 6) is 0.180. The molecule has 1 amide bonds. The zero-order valence-corrected chi connectivity index (χ0v) is 10.9. The van der Waals surface area contributed by atoms with E-state index in [1.807, 2.05) is 0 Å². The minimum atomic E-state index is 0.180. The molecule has 3 heteroatoms. The summed E-state index contributed by atoms with van der Waals surface area (Å²) in [6.45, 7) is 4.99. The number of amides is 1. The molecule has 0 aliphatic carbocycles. The van der Waals surface area contributed by atoms with Gasteiger partial charge >= 0.3 is 0 Å². The van der Waals surface area contributed by atoms with Crippen LogP contribution in [0.25, 0.3) is 0 Å². The topological polar surface area (TPSA) is 55.1 Å². The Bertz CT molecular complexity index is 171. The number of unbranched alkanes of at least 4 members (excludes halogenated alkanes) is 4. The fourth-order valence-electron chi connectivity index (χ4n) is 1.58. The van der Waals surface area contributed by atoms with Crippen LogP contribution in [0.3, 0.4) is 0 Å². The second kappa shape index (κ2) is 10.9. The highest BCUT2D eigenvalue weighted by atomic mass is 16.1. The Balaban J connectivity index is 3.24. The van der Waals surface area contributed by atoms with Gasteiger partial charge in [-0.15, -0.1) is 0 Å². The van der Waals surface area contributed by atoms with Crippen molar-refractivity contribution in [2.45, 2.75) is 71.3 Å². The van der Waals surface area contributed by atoms with Gasteiger partial charge in [0.2, 0.25) is 5.91 Å². The molecule has 0 aromatic rings. The molecular formula is C13H28N2O. The van der Waals surface area contributed by atoms with Crippen molar-refractivity contribution in [2.24, 2.45) is 5.73 Å². The maximum absolute atomic E-state index is 11.4. The summed E-state index contributed by atoms with van der Waals surface area (Å²) in [6.07, 6.45) is 8.52. The Morgan fingerprint density at radius 3 is 2.50 bits per heavy atom. The second-order valence-corrected chi connectivity index (χ2v) is 4.47. The van der Waals surface area contributed by atoms with Crippen molar-refractivity contribution >= 4 is 5.91 Å². The van der Waals surface area contributed by atoms with Crippen molar-refractivity contribution in [3.05, 3.63) is 0 Å². The first-order chi connectivity index (χ1) is 7.70. The molecule has 0 radical (unpaired) electrons. The zero-order valence-electron chi connectivity index (χ0n) is 10.9. The van der Waals surface area contributed by atoms with Gasteiger partial charge in [-0.25, -0.2) is 0 Å². The van der Waals surface area contributed by atoms with Gasteiger partial charge in [0.25, 0.3) is 0 Å². The van der Waals surface area contributed by atoms with Crippen LogP contribution in [-0.4, -0.2) is 18.5 Å². The van der Waals surface area contributed by atoms with E-state index in [1.165, 1.54) is 25.7 Å². The van der Waals surface area contributed by atoms with E-state index in [4.69, 9.17) is 5.73 Å². The minimum Gasteiger partial charge on any atom is -0.356 e. The van der Waals surface area contributed by atoms with Crippen LogP contribution in [0.4, 0.5) is 0 Å². The van der Waals surface area contributed by atoms with Gasteiger partial charge < -0.3 is 11.1 Å². The highest BCUT2D eigenvalue weighted by molar-refractivity contribution is 5.75. The van der Waals surface area contributed by atoms with Crippen LogP contribution in [0.5, 0.6) is 0 Å². The molecule has 0 aromatic heterocycles. The van der Waals surface area contributed by atoms with Crippen LogP contribution in [0, 0.1) is 0 Å². The maximum atomic E-state index is 11.4. The van der Waals surface area contributed by atoms with Gasteiger partial charge in [0.05, 0.1) is 0 Å². The molecule has 0 rings (SSSR count). The summed E-state index contributed by atoms with van der Waals surface area (Å²) in [5.41, 5.74) is 5.76. The number of hydrogen-bond donors (Lipinski definition) is 2. The third-order valence-corrected chi connectivity index (χ3v) is 2.87. The van der Waals surface area contributed by atoms with Gasteiger partial charge in [0.1, 0.15) is 0 Å². The van der Waals surface area contributed by atoms with Gasteiger partial charge in [-0.05, 0) is 19.3 Å². The van der Waals surface area contributed by atoms with Gasteiger partial charge in [0, 0.05) is 19.0 Å². The first-order valence-electron chi connectivity index (χ1n) is 6.73. The lowest BCUT2D eigenvalue weighted by Gasteiger charge is -2.09. The number of carbonyl (C=O) groups excluding carboxylic acids is 1. The van der Waals surface area contributed by atoms with E-state index >= 15 is 0 Å². The fraction of sp³-hybridized carbons (Fsp3) is 0.923. The first kappa shape index (κ1) is 15.4. The quantitative estimate of drug-likeness (QED) is 0.565. The summed E-state index contributed by atoms with van der Waals surface area (Å²) in [6, 6.07) is 0.227. The van der Waals surface area contributed by atoms with Crippen LogP contribution < -0.4 is 11.1 Å². The van der Waals surface area contributed by atoms with Crippen LogP contribution in [-0.2, 0) is 4.79 Å². The van der Waals surface area contributed by atoms with E-state index in [0.717, 1.165) is 25.8 Å². The van der Waals surface area contributed by atoms with Gasteiger partial charge in [0.15, 0.2) is 0 Å². The molecule has 0 heterocycles. The van der Waals surface area contributed by atoms with E-state index in [9.17, 15) is 4.79 Å². The molecule has 0 aliphatic heterocycles. The average Bonchev–Trinajstić information content (AvgIpc) is 2.28. The Labute approximate surface area is 100 Å². The van der Waals surface area contributed by atoms with E-state index in [-0.39, 0.29) is 11.9 Å². The molecule has 16 heavy (non-hydrogen) atoms. The zero-order chi connectivity index (χ0) is 12.2. The summed E-state index contributed by atoms with van der Waals surface area (Å²) in [4.78, 5) is 11.4. The van der Waals surface area contributed by atoms with Gasteiger partial charge in [-0.3, -0.25) is 4.79 Å². The second-order valence-electron chi connectivity index (χ2n) is 4.47. The molecule has 3 nitrogen and oxygen atoms in total. The summed E-state index contributed by atoms with van der Waals surface area (Å²) >= 11 is 0. The van der Waals surface area contributed by atoms with Crippen molar-refractivity contribution < 1.29 is 4.79 Å². The third kappa shape index (κ3) is 9.97. The number of nitrogens with two attached hydrogens (primary N) is 1. The van der Waals surface area contributed by atoms with E-state index in [2.05, 4.69) is 19.2 Å². The Hall–Kier alpha value is -0.570. The monoisotopic (exact) mass is 228 g/mol. The molecular weight excluding hydrogens is 200 g/mol. The molecule has 3 N–H and O–H groups in total. The van der Waals surface area contributed by atoms with Gasteiger partial charge in [-0.1, -0.05) is 39.5 Å². The lowest BCUT2D eigenvalue weighted by molar-refractivity contribution is -0.121. The maximum Gasteiger partial charge on any atom is 0.219 e. The number of hydrogen-bond acceptors (Lipinski definition) is 2. The van der Waals surface area contributed by atoms with Crippen molar-refractivity contribution in [2.75, 3.05) is 6.54 Å². The number of nitrogens with one attached hydrogen (secondary N) is 1. The molecule has 1 atom stereocenters. The molecule has 1 unspecified atom stereocenters. The first-order valence-corrected chi connectivity index (χ1v) is 6.73. The van der Waals surface area contributed by atoms with Crippen LogP contribution in [0.1, 0.15) is 65.2 Å². The molecule has 0 saturated carbocycles. The van der Waals surface area contributed by atoms with Crippen molar-refractivity contribution in [1.29, 1.82) is 0 Å². The smallest absolute Gasteiger partial charge is 0.219 e. The average molecular weight is 228 g/mol. The highest BCUT2D eigenvalue weighted by Crippen LogP contribution is 2.04. The minimum absolute atomic E-state index is 0.180. The molecule has 96 valence electrons. The fourth-order valence-corrected chi connectivity index (χ4v) is 1.58. The predicted molar refractivity (Wildman–Crippen MR) is 69.3 cm³/mol. The SMILES string of the molecule is CCCCCCCC(=O)NCCC(N)CC. The summed E-state index contributed by atoms with van der Waals surface area (Å²) in [5, 5.41) is 2.92. The summed E-state index contributed by atoms with van der Waals surface area (Å²) in [7, 11) is 0. The summed E-state index contributed by atoms with van der Waals surface area (Å²) < 4.78 is 0. The largest absolute Gasteiger partial charge is 0.356 e. The molecule has 0 bridgehead atoms. The van der Waals surface area contributed by atoms with E-state index in [1.54, 1.807) is 0 Å². The third-order valence-electron chi connectivity index (χ3n) is 2.87. The number of carbonyl (C=O) groups is 1. The van der Waals surface area contributed by atoms with E-state index < -0.39 is 0 Å². The predicted octanol–water partition coefficient (Wildman–Crippen LogP) is 2.59. The van der Waals surface area contributed by atoms with Crippen molar-refractivity contribution in [3.63, 3.8) is 0 Å². The molecule has 0 saturated heterocycles. The Morgan fingerprint density at radius 2 is 1.88 bits per heavy atom. The number of rotatable bonds is 10. The normalized spacial score (nSPS) is 12.4. The molecule has 0 aromatic carbocycles. The Kier molecular flexibility index (Phi) is 10.5. The van der Waals surface area contributed by atoms with Gasteiger partial charge in [-0.2, -0.15) is 0 Å². The lowest BCUT2D eigenvalue weighted by atomic mass is 10.1. The van der Waals surface area contributed by atoms with E-state index in [0.29, 0.717) is 6.42 Å². The molecule has 0 fully saturated rings. The molecule has 0 aliphatic rings. The highest BCUT2D eigenvalue weighted by Gasteiger charge is 2.02. The lowest BCUT2D eigenvalue weighted by Crippen LogP contribution is -2.29. The Morgan fingerprint density at radius 1 is 1.19 bits per heavy atom. The van der Waals surface area contributed by atoms with Crippen molar-refractivity contribution in [3.8, 4) is 0 Å². The van der Waals surface area contributed by atoms with Crippen molar-refractivity contribution in [1.82, 2.24) is 5.32 Å². The van der Waals surface area contributed by atoms with Crippen LogP contribution in [0.2, 0.25) is 0 Å². The standard InChI is InChI=1S/C13H28N2O/c1-3-5-6-7-8-9-13(16)15-11-10-12(14)4-2/h12H,3-11,14H2,1-2H3,(H,15,16). The molecule has 0 spiro atoms.